The number of benzene rings is 1. The first kappa shape index (κ1) is 13.7. The standard InChI is InChI=1S/C13H15N5O2S/c14-13-12(8-16-18-13)21(19,20)17-6-5-9-7-15-11-4-2-1-3-10(9)11/h1-4,7-8,15,17H,5-6H2,(H3,14,16,18). The van der Waals surface area contributed by atoms with Crippen LogP contribution in [0, 0.1) is 0 Å². The third-order valence-corrected chi connectivity index (χ3v) is 4.77. The van der Waals surface area contributed by atoms with Crippen LogP contribution in [0.5, 0.6) is 0 Å². The van der Waals surface area contributed by atoms with Crippen molar-refractivity contribution in [3.8, 4) is 0 Å². The summed E-state index contributed by atoms with van der Waals surface area (Å²) in [5, 5.41) is 7.12. The van der Waals surface area contributed by atoms with Crippen molar-refractivity contribution in [1.82, 2.24) is 19.9 Å². The van der Waals surface area contributed by atoms with Gasteiger partial charge < -0.3 is 10.7 Å². The lowest BCUT2D eigenvalue weighted by Gasteiger charge is -2.05. The minimum absolute atomic E-state index is 0.0265. The lowest BCUT2D eigenvalue weighted by molar-refractivity contribution is 0.582. The van der Waals surface area contributed by atoms with Gasteiger partial charge in [0.25, 0.3) is 0 Å². The molecule has 0 amide bonds. The predicted octanol–water partition coefficient (Wildman–Crippen LogP) is 0.994. The molecule has 0 bridgehead atoms. The van der Waals surface area contributed by atoms with E-state index in [0.717, 1.165) is 16.5 Å². The maximum Gasteiger partial charge on any atom is 0.245 e. The number of H-pyrrole nitrogens is 2. The summed E-state index contributed by atoms with van der Waals surface area (Å²) < 4.78 is 26.6. The molecule has 0 atom stereocenters. The molecule has 0 fully saturated rings. The zero-order valence-corrected chi connectivity index (χ0v) is 11.9. The van der Waals surface area contributed by atoms with Crippen LogP contribution in [0.4, 0.5) is 5.82 Å². The minimum Gasteiger partial charge on any atom is -0.383 e. The molecule has 3 aromatic rings. The molecule has 7 nitrogen and oxygen atoms in total. The molecule has 8 heteroatoms. The molecule has 0 unspecified atom stereocenters. The maximum atomic E-state index is 12.0. The second-order valence-corrected chi connectivity index (χ2v) is 6.39. The molecule has 5 N–H and O–H groups in total. The molecule has 0 aliphatic carbocycles. The number of aromatic amines is 2. The number of nitrogens with one attached hydrogen (secondary N) is 3. The topological polar surface area (TPSA) is 117 Å². The Kier molecular flexibility index (Phi) is 3.40. The highest BCUT2D eigenvalue weighted by molar-refractivity contribution is 7.89. The molecule has 3 rings (SSSR count). The minimum atomic E-state index is -3.63. The summed E-state index contributed by atoms with van der Waals surface area (Å²) in [5.41, 5.74) is 7.63. The first-order chi connectivity index (χ1) is 10.1. The summed E-state index contributed by atoms with van der Waals surface area (Å²) >= 11 is 0. The Bertz CT molecular complexity index is 865. The average Bonchev–Trinajstić information content (AvgIpc) is 3.06. The van der Waals surface area contributed by atoms with E-state index in [-0.39, 0.29) is 17.3 Å². The number of aromatic nitrogens is 3. The van der Waals surface area contributed by atoms with Crippen molar-refractivity contribution >= 4 is 26.7 Å². The van der Waals surface area contributed by atoms with Crippen molar-refractivity contribution < 1.29 is 8.42 Å². The van der Waals surface area contributed by atoms with Gasteiger partial charge in [-0.3, -0.25) is 5.10 Å². The Morgan fingerprint density at radius 2 is 2.10 bits per heavy atom. The largest absolute Gasteiger partial charge is 0.383 e. The van der Waals surface area contributed by atoms with Crippen LogP contribution < -0.4 is 10.5 Å². The summed E-state index contributed by atoms with van der Waals surface area (Å²) in [6, 6.07) is 7.89. The van der Waals surface area contributed by atoms with Gasteiger partial charge in [0.2, 0.25) is 10.0 Å². The van der Waals surface area contributed by atoms with E-state index in [0.29, 0.717) is 6.42 Å². The second kappa shape index (κ2) is 5.23. The van der Waals surface area contributed by atoms with Crippen LogP contribution >= 0.6 is 0 Å². The zero-order valence-electron chi connectivity index (χ0n) is 11.1. The fraction of sp³-hybridized carbons (Fsp3) is 0.154. The van der Waals surface area contributed by atoms with Crippen LogP contribution in [-0.4, -0.2) is 30.1 Å². The number of hydrogen-bond donors (Lipinski definition) is 4. The average molecular weight is 305 g/mol. The molecule has 0 radical (unpaired) electrons. The van der Waals surface area contributed by atoms with E-state index < -0.39 is 10.0 Å². The highest BCUT2D eigenvalue weighted by Crippen LogP contribution is 2.18. The number of para-hydroxylation sites is 1. The Hall–Kier alpha value is -2.32. The number of nitrogens with two attached hydrogens (primary N) is 1. The van der Waals surface area contributed by atoms with Gasteiger partial charge in [-0.15, -0.1) is 0 Å². The van der Waals surface area contributed by atoms with Crippen LogP contribution in [0.15, 0.2) is 41.6 Å². The summed E-state index contributed by atoms with van der Waals surface area (Å²) in [6.45, 7) is 0.287. The van der Waals surface area contributed by atoms with E-state index in [1.54, 1.807) is 0 Å². The van der Waals surface area contributed by atoms with Crippen LogP contribution in [0.2, 0.25) is 0 Å². The molecule has 0 saturated carbocycles. The lowest BCUT2D eigenvalue weighted by Crippen LogP contribution is -2.26. The molecule has 0 spiro atoms. The normalized spacial score (nSPS) is 12.0. The van der Waals surface area contributed by atoms with E-state index in [4.69, 9.17) is 5.73 Å². The summed E-state index contributed by atoms with van der Waals surface area (Å²) in [6.07, 6.45) is 3.68. The molecule has 2 aromatic heterocycles. The van der Waals surface area contributed by atoms with Crippen LogP contribution in [0.25, 0.3) is 10.9 Å². The first-order valence-electron chi connectivity index (χ1n) is 6.41. The quantitative estimate of drug-likeness (QED) is 0.562. The number of rotatable bonds is 5. The Morgan fingerprint density at radius 3 is 2.86 bits per heavy atom. The third kappa shape index (κ3) is 2.63. The summed E-state index contributed by atoms with van der Waals surface area (Å²) in [7, 11) is -3.63. The van der Waals surface area contributed by atoms with Crippen molar-refractivity contribution in [3.63, 3.8) is 0 Å². The molecule has 0 aliphatic heterocycles. The Balaban J connectivity index is 1.70. The summed E-state index contributed by atoms with van der Waals surface area (Å²) in [5.74, 6) is 0.0367. The summed E-state index contributed by atoms with van der Waals surface area (Å²) in [4.78, 5) is 3.13. The van der Waals surface area contributed by atoms with Crippen molar-refractivity contribution in [3.05, 3.63) is 42.2 Å². The fourth-order valence-corrected chi connectivity index (χ4v) is 3.29. The molecule has 0 saturated heterocycles. The van der Waals surface area contributed by atoms with Crippen molar-refractivity contribution in [2.45, 2.75) is 11.3 Å². The number of anilines is 1. The van der Waals surface area contributed by atoms with Gasteiger partial charge in [-0.05, 0) is 18.1 Å². The van der Waals surface area contributed by atoms with Gasteiger partial charge in [-0.1, -0.05) is 18.2 Å². The van der Waals surface area contributed by atoms with Crippen molar-refractivity contribution in [2.24, 2.45) is 0 Å². The maximum absolute atomic E-state index is 12.0. The van der Waals surface area contributed by atoms with E-state index in [1.165, 1.54) is 6.20 Å². The van der Waals surface area contributed by atoms with Gasteiger partial charge in [-0.25, -0.2) is 13.1 Å². The van der Waals surface area contributed by atoms with Gasteiger partial charge in [0.15, 0.2) is 0 Å². The number of sulfonamides is 1. The van der Waals surface area contributed by atoms with E-state index >= 15 is 0 Å². The smallest absolute Gasteiger partial charge is 0.245 e. The SMILES string of the molecule is Nc1[nH]ncc1S(=O)(=O)NCCc1c[nH]c2ccccc12. The number of nitrogen functional groups attached to an aromatic ring is 1. The van der Waals surface area contributed by atoms with Crippen molar-refractivity contribution in [1.29, 1.82) is 0 Å². The number of hydrogen-bond acceptors (Lipinski definition) is 4. The van der Waals surface area contributed by atoms with Crippen molar-refractivity contribution in [2.75, 3.05) is 12.3 Å². The van der Waals surface area contributed by atoms with Gasteiger partial charge in [0, 0.05) is 23.6 Å². The van der Waals surface area contributed by atoms with Gasteiger partial charge in [0.1, 0.15) is 10.7 Å². The van der Waals surface area contributed by atoms with E-state index in [2.05, 4.69) is 19.9 Å². The predicted molar refractivity (Wildman–Crippen MR) is 80.2 cm³/mol. The lowest BCUT2D eigenvalue weighted by atomic mass is 10.1. The highest BCUT2D eigenvalue weighted by Gasteiger charge is 2.18. The Labute approximate surface area is 121 Å². The number of fused-ring (bicyclic) bond motifs is 1. The first-order valence-corrected chi connectivity index (χ1v) is 7.90. The fourth-order valence-electron chi connectivity index (χ4n) is 2.24. The highest BCUT2D eigenvalue weighted by atomic mass is 32.2. The second-order valence-electron chi connectivity index (χ2n) is 4.66. The molecule has 21 heavy (non-hydrogen) atoms. The Morgan fingerprint density at radius 1 is 1.29 bits per heavy atom. The van der Waals surface area contributed by atoms with Gasteiger partial charge in [-0.2, -0.15) is 5.10 Å². The molecule has 1 aromatic carbocycles. The van der Waals surface area contributed by atoms with E-state index in [9.17, 15) is 8.42 Å². The van der Waals surface area contributed by atoms with Crippen LogP contribution in [-0.2, 0) is 16.4 Å². The third-order valence-electron chi connectivity index (χ3n) is 3.28. The van der Waals surface area contributed by atoms with Gasteiger partial charge >= 0.3 is 0 Å². The molecule has 2 heterocycles. The molecule has 0 aliphatic rings. The van der Waals surface area contributed by atoms with Crippen LogP contribution in [0.3, 0.4) is 0 Å². The number of nitrogens with zero attached hydrogens (tertiary/aromatic N) is 1. The zero-order chi connectivity index (χ0) is 14.9. The van der Waals surface area contributed by atoms with E-state index in [1.807, 2.05) is 30.5 Å². The molecule has 110 valence electrons. The monoisotopic (exact) mass is 305 g/mol. The van der Waals surface area contributed by atoms with Gasteiger partial charge in [0.05, 0.1) is 6.20 Å². The molecular weight excluding hydrogens is 290 g/mol. The van der Waals surface area contributed by atoms with Crippen LogP contribution in [0.1, 0.15) is 5.56 Å². The molecular formula is C13H15N5O2S.